The summed E-state index contributed by atoms with van der Waals surface area (Å²) in [5.74, 6) is -0.145. The Morgan fingerprint density at radius 3 is 2.48 bits per heavy atom. The van der Waals surface area contributed by atoms with E-state index < -0.39 is 10.0 Å². The first-order chi connectivity index (χ1) is 11.0. The maximum Gasteiger partial charge on any atom is 0.271 e. The van der Waals surface area contributed by atoms with Crippen LogP contribution in [0.25, 0.3) is 0 Å². The van der Waals surface area contributed by atoms with Crippen LogP contribution in [-0.4, -0.2) is 20.9 Å². The van der Waals surface area contributed by atoms with Crippen molar-refractivity contribution in [3.8, 4) is 0 Å². The molecule has 0 saturated heterocycles. The highest BCUT2D eigenvalue weighted by atomic mass is 32.2. The van der Waals surface area contributed by atoms with Gasteiger partial charge in [-0.2, -0.15) is 0 Å². The molecule has 0 aliphatic heterocycles. The quantitative estimate of drug-likeness (QED) is 0.714. The highest BCUT2D eigenvalue weighted by Gasteiger charge is 2.15. The molecule has 5 nitrogen and oxygen atoms in total. The van der Waals surface area contributed by atoms with Crippen molar-refractivity contribution in [1.82, 2.24) is 5.32 Å². The maximum atomic E-state index is 12.1. The number of nitrogens with one attached hydrogen (secondary N) is 2. The minimum absolute atomic E-state index is 0.145. The number of unbranched alkanes of at least 4 members (excludes halogenated alkanes) is 2. The van der Waals surface area contributed by atoms with E-state index >= 15 is 0 Å². The number of rotatable bonds is 8. The van der Waals surface area contributed by atoms with Gasteiger partial charge >= 0.3 is 0 Å². The number of carbonyl (C=O) groups excluding carboxylic acids is 1. The van der Waals surface area contributed by atoms with Crippen LogP contribution in [0.5, 0.6) is 0 Å². The predicted molar refractivity (Wildman–Crippen MR) is 93.4 cm³/mol. The molecule has 7 heteroatoms. The second-order valence-corrected chi connectivity index (χ2v) is 7.93. The van der Waals surface area contributed by atoms with Gasteiger partial charge in [-0.3, -0.25) is 9.52 Å². The first-order valence-corrected chi connectivity index (χ1v) is 9.84. The molecule has 124 valence electrons. The van der Waals surface area contributed by atoms with E-state index in [0.29, 0.717) is 17.8 Å². The third kappa shape index (κ3) is 5.07. The molecular weight excluding hydrogens is 332 g/mol. The topological polar surface area (TPSA) is 75.3 Å². The fourth-order valence-electron chi connectivity index (χ4n) is 1.99. The van der Waals surface area contributed by atoms with Crippen LogP contribution in [0.3, 0.4) is 0 Å². The Balaban J connectivity index is 1.96. The SMILES string of the molecule is CCCCCNC(=O)c1ccc(NS(=O)(=O)c2cccs2)cc1. The number of hydrogen-bond acceptors (Lipinski definition) is 4. The van der Waals surface area contributed by atoms with Gasteiger partial charge in [0.05, 0.1) is 0 Å². The van der Waals surface area contributed by atoms with Crippen LogP contribution >= 0.6 is 11.3 Å². The lowest BCUT2D eigenvalue weighted by Crippen LogP contribution is -2.24. The average molecular weight is 352 g/mol. The molecule has 2 N–H and O–H groups in total. The average Bonchev–Trinajstić information content (AvgIpc) is 3.07. The molecule has 0 atom stereocenters. The largest absolute Gasteiger partial charge is 0.352 e. The molecule has 1 aromatic carbocycles. The van der Waals surface area contributed by atoms with E-state index in [-0.39, 0.29) is 10.1 Å². The standard InChI is InChI=1S/C16H20N2O3S2/c1-2-3-4-11-17-16(19)13-7-9-14(10-8-13)18-23(20,21)15-6-5-12-22-15/h5-10,12,18H,2-4,11H2,1H3,(H,17,19). The fraction of sp³-hybridized carbons (Fsp3) is 0.312. The van der Waals surface area contributed by atoms with Crippen LogP contribution in [0.2, 0.25) is 0 Å². The first-order valence-electron chi connectivity index (χ1n) is 7.47. The second-order valence-electron chi connectivity index (χ2n) is 5.08. The number of carbonyl (C=O) groups is 1. The minimum atomic E-state index is -3.56. The third-order valence-corrected chi connectivity index (χ3v) is 6.00. The molecule has 0 aliphatic rings. The first kappa shape index (κ1) is 17.5. The zero-order valence-electron chi connectivity index (χ0n) is 12.9. The smallest absolute Gasteiger partial charge is 0.271 e. The molecule has 2 rings (SSSR count). The molecule has 0 fully saturated rings. The van der Waals surface area contributed by atoms with E-state index in [9.17, 15) is 13.2 Å². The Morgan fingerprint density at radius 2 is 1.87 bits per heavy atom. The van der Waals surface area contributed by atoms with E-state index in [1.807, 2.05) is 0 Å². The fourth-order valence-corrected chi connectivity index (χ4v) is 4.04. The summed E-state index contributed by atoms with van der Waals surface area (Å²) in [6.45, 7) is 2.76. The van der Waals surface area contributed by atoms with E-state index in [2.05, 4.69) is 17.0 Å². The summed E-state index contributed by atoms with van der Waals surface area (Å²) in [6.07, 6.45) is 3.15. The Labute approximate surface area is 140 Å². The molecule has 0 aliphatic carbocycles. The molecule has 0 radical (unpaired) electrons. The summed E-state index contributed by atoms with van der Waals surface area (Å²) < 4.78 is 27.0. The Kier molecular flexibility index (Phi) is 6.18. The molecule has 0 spiro atoms. The maximum absolute atomic E-state index is 12.1. The lowest BCUT2D eigenvalue weighted by atomic mass is 10.2. The van der Waals surface area contributed by atoms with E-state index in [1.165, 1.54) is 0 Å². The van der Waals surface area contributed by atoms with Crippen molar-refractivity contribution in [3.63, 3.8) is 0 Å². The van der Waals surface area contributed by atoms with Crippen molar-refractivity contribution in [2.45, 2.75) is 30.4 Å². The van der Waals surface area contributed by atoms with Crippen molar-refractivity contribution in [2.75, 3.05) is 11.3 Å². The van der Waals surface area contributed by atoms with Gasteiger partial charge in [0.1, 0.15) is 4.21 Å². The summed E-state index contributed by atoms with van der Waals surface area (Å²) in [4.78, 5) is 11.9. The molecule has 0 unspecified atom stereocenters. The van der Waals surface area contributed by atoms with Crippen molar-refractivity contribution < 1.29 is 13.2 Å². The van der Waals surface area contributed by atoms with Crippen molar-refractivity contribution in [1.29, 1.82) is 0 Å². The van der Waals surface area contributed by atoms with Gasteiger partial charge < -0.3 is 5.32 Å². The predicted octanol–water partition coefficient (Wildman–Crippen LogP) is 3.47. The zero-order valence-corrected chi connectivity index (χ0v) is 14.5. The summed E-state index contributed by atoms with van der Waals surface area (Å²) in [5.41, 5.74) is 0.946. The van der Waals surface area contributed by atoms with Crippen LogP contribution in [0.4, 0.5) is 5.69 Å². The van der Waals surface area contributed by atoms with Crippen LogP contribution < -0.4 is 10.0 Å². The van der Waals surface area contributed by atoms with Gasteiger partial charge in [-0.15, -0.1) is 11.3 Å². The summed E-state index contributed by atoms with van der Waals surface area (Å²) in [5, 5.41) is 4.56. The summed E-state index contributed by atoms with van der Waals surface area (Å²) in [6, 6.07) is 9.64. The Morgan fingerprint density at radius 1 is 1.13 bits per heavy atom. The number of anilines is 1. The van der Waals surface area contributed by atoms with Crippen LogP contribution in [0.15, 0.2) is 46.0 Å². The molecule has 23 heavy (non-hydrogen) atoms. The number of hydrogen-bond donors (Lipinski definition) is 2. The Bertz CT molecular complexity index is 723. The summed E-state index contributed by atoms with van der Waals surface area (Å²) in [7, 11) is -3.56. The van der Waals surface area contributed by atoms with Crippen LogP contribution in [0, 0.1) is 0 Å². The van der Waals surface area contributed by atoms with Crippen LogP contribution in [0.1, 0.15) is 36.5 Å². The number of amides is 1. The van der Waals surface area contributed by atoms with Crippen LogP contribution in [-0.2, 0) is 10.0 Å². The third-order valence-electron chi connectivity index (χ3n) is 3.23. The normalized spacial score (nSPS) is 11.2. The highest BCUT2D eigenvalue weighted by molar-refractivity contribution is 7.94. The van der Waals surface area contributed by atoms with Gasteiger partial charge in [0.2, 0.25) is 0 Å². The number of benzene rings is 1. The van der Waals surface area contributed by atoms with Gasteiger partial charge in [0, 0.05) is 17.8 Å². The molecule has 1 heterocycles. The van der Waals surface area contributed by atoms with Gasteiger partial charge in [-0.1, -0.05) is 25.8 Å². The molecule has 2 aromatic rings. The lowest BCUT2D eigenvalue weighted by molar-refractivity contribution is 0.0953. The molecule has 1 amide bonds. The molecule has 0 saturated carbocycles. The minimum Gasteiger partial charge on any atom is -0.352 e. The van der Waals surface area contributed by atoms with E-state index in [1.54, 1.807) is 41.8 Å². The highest BCUT2D eigenvalue weighted by Crippen LogP contribution is 2.20. The molecule has 0 bridgehead atoms. The van der Waals surface area contributed by atoms with Crippen molar-refractivity contribution >= 4 is 33.0 Å². The summed E-state index contributed by atoms with van der Waals surface area (Å²) >= 11 is 1.16. The van der Waals surface area contributed by atoms with Gasteiger partial charge in [-0.25, -0.2) is 8.42 Å². The van der Waals surface area contributed by atoms with Gasteiger partial charge in [0.25, 0.3) is 15.9 Å². The van der Waals surface area contributed by atoms with Crippen molar-refractivity contribution in [3.05, 3.63) is 47.3 Å². The molecule has 1 aromatic heterocycles. The lowest BCUT2D eigenvalue weighted by Gasteiger charge is -2.08. The van der Waals surface area contributed by atoms with Gasteiger partial charge in [-0.05, 0) is 42.1 Å². The molecular formula is C16H20N2O3S2. The number of thiophene rings is 1. The Hall–Kier alpha value is -1.86. The van der Waals surface area contributed by atoms with E-state index in [4.69, 9.17) is 0 Å². The monoisotopic (exact) mass is 352 g/mol. The second kappa shape index (κ2) is 8.12. The van der Waals surface area contributed by atoms with Crippen molar-refractivity contribution in [2.24, 2.45) is 0 Å². The number of sulfonamides is 1. The van der Waals surface area contributed by atoms with E-state index in [0.717, 1.165) is 30.6 Å². The van der Waals surface area contributed by atoms with Gasteiger partial charge in [0.15, 0.2) is 0 Å². The zero-order chi connectivity index (χ0) is 16.7.